The third-order valence-corrected chi connectivity index (χ3v) is 2.39. The Balaban J connectivity index is 3.02. The van der Waals surface area contributed by atoms with Gasteiger partial charge in [0.15, 0.2) is 0 Å². The summed E-state index contributed by atoms with van der Waals surface area (Å²) in [6, 6.07) is 8.83. The van der Waals surface area contributed by atoms with Gasteiger partial charge in [-0.25, -0.2) is 0 Å². The molecule has 0 aliphatic rings. The molecular formula is C12H11BrN2O. The van der Waals surface area contributed by atoms with E-state index in [0.717, 1.165) is 4.47 Å². The number of carbonyl (C=O) groups excluding carboxylic acids is 1. The van der Waals surface area contributed by atoms with E-state index in [9.17, 15) is 4.79 Å². The molecule has 82 valence electrons. The van der Waals surface area contributed by atoms with Gasteiger partial charge in [0.2, 0.25) is 5.78 Å². The topological polar surface area (TPSA) is 44.1 Å². The molecule has 0 heterocycles. The van der Waals surface area contributed by atoms with Gasteiger partial charge in [0.1, 0.15) is 11.6 Å². The van der Waals surface area contributed by atoms with Gasteiger partial charge in [-0.15, -0.1) is 0 Å². The maximum absolute atomic E-state index is 11.9. The summed E-state index contributed by atoms with van der Waals surface area (Å²) >= 11 is 3.29. The molecule has 0 aromatic heterocycles. The maximum atomic E-state index is 11.9. The molecule has 0 aliphatic carbocycles. The zero-order chi connectivity index (χ0) is 12.1. The first-order valence-electron chi connectivity index (χ1n) is 4.63. The first-order chi connectivity index (χ1) is 7.54. The van der Waals surface area contributed by atoms with Crippen molar-refractivity contribution in [2.45, 2.75) is 0 Å². The van der Waals surface area contributed by atoms with Crippen molar-refractivity contribution in [2.24, 2.45) is 0 Å². The molecule has 1 rings (SSSR count). The summed E-state index contributed by atoms with van der Waals surface area (Å²) in [4.78, 5) is 13.6. The molecule has 0 radical (unpaired) electrons. The van der Waals surface area contributed by atoms with E-state index >= 15 is 0 Å². The quantitative estimate of drug-likeness (QED) is 0.485. The third kappa shape index (κ3) is 3.21. The summed E-state index contributed by atoms with van der Waals surface area (Å²) in [6.45, 7) is 0. The Morgan fingerprint density at radius 3 is 2.38 bits per heavy atom. The number of benzene rings is 1. The molecule has 4 heteroatoms. The van der Waals surface area contributed by atoms with Gasteiger partial charge in [-0.1, -0.05) is 15.9 Å². The number of halogens is 1. The molecule has 0 aliphatic heterocycles. The van der Waals surface area contributed by atoms with Crippen LogP contribution in [-0.4, -0.2) is 24.8 Å². The lowest BCUT2D eigenvalue weighted by Gasteiger charge is -2.05. The Morgan fingerprint density at radius 2 is 1.94 bits per heavy atom. The SMILES string of the molecule is CN(C)/C=C(/C#N)C(=O)c1ccc(Br)cc1. The molecule has 1 aromatic rings. The van der Waals surface area contributed by atoms with Gasteiger partial charge >= 0.3 is 0 Å². The zero-order valence-corrected chi connectivity index (χ0v) is 10.7. The fraction of sp³-hybridized carbons (Fsp3) is 0.167. The van der Waals surface area contributed by atoms with Crippen LogP contribution in [0.5, 0.6) is 0 Å². The number of Topliss-reactive ketones (excluding diaryl/α,β-unsaturated/α-hetero) is 1. The summed E-state index contributed by atoms with van der Waals surface area (Å²) in [5, 5.41) is 8.89. The van der Waals surface area contributed by atoms with E-state index in [1.165, 1.54) is 6.20 Å². The van der Waals surface area contributed by atoms with Crippen molar-refractivity contribution in [2.75, 3.05) is 14.1 Å². The molecule has 0 bridgehead atoms. The number of nitrogens with zero attached hydrogens (tertiary/aromatic N) is 2. The standard InChI is InChI=1S/C12H11BrN2O/c1-15(2)8-10(7-14)12(16)9-3-5-11(13)6-4-9/h3-6,8H,1-2H3/b10-8-. The lowest BCUT2D eigenvalue weighted by atomic mass is 10.1. The van der Waals surface area contributed by atoms with Crippen LogP contribution >= 0.6 is 15.9 Å². The predicted octanol–water partition coefficient (Wildman–Crippen LogP) is 2.60. The minimum absolute atomic E-state index is 0.132. The number of carbonyl (C=O) groups is 1. The minimum atomic E-state index is -0.260. The van der Waals surface area contributed by atoms with Crippen LogP contribution in [0, 0.1) is 11.3 Å². The number of allylic oxidation sites excluding steroid dienone is 1. The summed E-state index contributed by atoms with van der Waals surface area (Å²) in [7, 11) is 3.54. The summed E-state index contributed by atoms with van der Waals surface area (Å²) in [5.74, 6) is -0.260. The highest BCUT2D eigenvalue weighted by Crippen LogP contribution is 2.13. The molecular weight excluding hydrogens is 268 g/mol. The molecule has 3 nitrogen and oxygen atoms in total. The van der Waals surface area contributed by atoms with Crippen molar-refractivity contribution in [1.29, 1.82) is 5.26 Å². The van der Waals surface area contributed by atoms with Crippen LogP contribution < -0.4 is 0 Å². The van der Waals surface area contributed by atoms with Gasteiger partial charge in [-0.05, 0) is 24.3 Å². The fourth-order valence-corrected chi connectivity index (χ4v) is 1.42. The van der Waals surface area contributed by atoms with Crippen molar-refractivity contribution in [3.8, 4) is 6.07 Å². The van der Waals surface area contributed by atoms with E-state index in [-0.39, 0.29) is 11.4 Å². The monoisotopic (exact) mass is 278 g/mol. The molecule has 0 unspecified atom stereocenters. The molecule has 1 aromatic carbocycles. The Labute approximate surface area is 103 Å². The van der Waals surface area contributed by atoms with Gasteiger partial charge in [-0.3, -0.25) is 4.79 Å². The lowest BCUT2D eigenvalue weighted by molar-refractivity contribution is 0.103. The first-order valence-corrected chi connectivity index (χ1v) is 5.42. The van der Waals surface area contributed by atoms with E-state index in [1.807, 2.05) is 6.07 Å². The smallest absolute Gasteiger partial charge is 0.205 e. The van der Waals surface area contributed by atoms with E-state index in [1.54, 1.807) is 43.3 Å². The Kier molecular flexibility index (Phi) is 4.27. The molecule has 0 amide bonds. The van der Waals surface area contributed by atoms with E-state index in [0.29, 0.717) is 5.56 Å². The highest BCUT2D eigenvalue weighted by atomic mass is 79.9. The van der Waals surface area contributed by atoms with E-state index < -0.39 is 0 Å². The van der Waals surface area contributed by atoms with Gasteiger partial charge < -0.3 is 4.90 Å². The summed E-state index contributed by atoms with van der Waals surface area (Å²) in [6.07, 6.45) is 1.52. The largest absolute Gasteiger partial charge is 0.382 e. The highest BCUT2D eigenvalue weighted by Gasteiger charge is 2.11. The third-order valence-electron chi connectivity index (χ3n) is 1.86. The van der Waals surface area contributed by atoms with Gasteiger partial charge in [-0.2, -0.15) is 5.26 Å². The van der Waals surface area contributed by atoms with Crippen LogP contribution in [-0.2, 0) is 0 Å². The first kappa shape index (κ1) is 12.5. The molecule has 0 spiro atoms. The number of rotatable bonds is 3. The average Bonchev–Trinajstić information content (AvgIpc) is 2.25. The van der Waals surface area contributed by atoms with Gasteiger partial charge in [0.25, 0.3) is 0 Å². The Bertz CT molecular complexity index is 455. The number of ketones is 1. The van der Waals surface area contributed by atoms with E-state index in [4.69, 9.17) is 5.26 Å². The van der Waals surface area contributed by atoms with Crippen LogP contribution in [0.2, 0.25) is 0 Å². The van der Waals surface area contributed by atoms with Crippen molar-refractivity contribution >= 4 is 21.7 Å². The van der Waals surface area contributed by atoms with Gasteiger partial charge in [0.05, 0.1) is 0 Å². The van der Waals surface area contributed by atoms with Crippen molar-refractivity contribution in [3.05, 3.63) is 46.1 Å². The van der Waals surface area contributed by atoms with Crippen LogP contribution in [0.25, 0.3) is 0 Å². The van der Waals surface area contributed by atoms with Crippen molar-refractivity contribution in [3.63, 3.8) is 0 Å². The highest BCUT2D eigenvalue weighted by molar-refractivity contribution is 9.10. The molecule has 0 saturated heterocycles. The predicted molar refractivity (Wildman–Crippen MR) is 65.9 cm³/mol. The minimum Gasteiger partial charge on any atom is -0.382 e. The second kappa shape index (κ2) is 5.47. The summed E-state index contributed by atoms with van der Waals surface area (Å²) in [5.41, 5.74) is 0.644. The molecule has 0 N–H and O–H groups in total. The van der Waals surface area contributed by atoms with Crippen molar-refractivity contribution in [1.82, 2.24) is 4.90 Å². The van der Waals surface area contributed by atoms with Crippen LogP contribution in [0.15, 0.2) is 40.5 Å². The van der Waals surface area contributed by atoms with Crippen LogP contribution in [0.3, 0.4) is 0 Å². The molecule has 0 atom stereocenters. The molecule has 0 fully saturated rings. The number of hydrogen-bond donors (Lipinski definition) is 0. The molecule has 16 heavy (non-hydrogen) atoms. The fourth-order valence-electron chi connectivity index (χ4n) is 1.15. The second-order valence-electron chi connectivity index (χ2n) is 3.45. The number of hydrogen-bond acceptors (Lipinski definition) is 3. The Morgan fingerprint density at radius 1 is 1.38 bits per heavy atom. The second-order valence-corrected chi connectivity index (χ2v) is 4.37. The van der Waals surface area contributed by atoms with Gasteiger partial charge in [0, 0.05) is 30.3 Å². The number of nitriles is 1. The van der Waals surface area contributed by atoms with E-state index in [2.05, 4.69) is 15.9 Å². The Hall–Kier alpha value is -1.60. The summed E-state index contributed by atoms with van der Waals surface area (Å²) < 4.78 is 0.902. The van der Waals surface area contributed by atoms with Crippen LogP contribution in [0.4, 0.5) is 0 Å². The molecule has 0 saturated carbocycles. The normalized spacial score (nSPS) is 10.8. The maximum Gasteiger partial charge on any atom is 0.205 e. The average molecular weight is 279 g/mol. The van der Waals surface area contributed by atoms with Crippen LogP contribution in [0.1, 0.15) is 10.4 Å². The lowest BCUT2D eigenvalue weighted by Crippen LogP contribution is -2.08. The van der Waals surface area contributed by atoms with Crippen molar-refractivity contribution < 1.29 is 4.79 Å². The zero-order valence-electron chi connectivity index (χ0n) is 9.07.